The molecule has 0 spiro atoms. The molecule has 0 fully saturated rings. The molecule has 2 aliphatic rings. The SMILES string of the molecule is Cc1cc2c3c(c1)B(c1c(C)c(C)c(C)c(C)c1C)c1cc(-c4cccnc4)ccc1N3c1ccc(-c3cccnc3)cc1B2c1c(C)c(C)c(C)c(C)c1C. The highest BCUT2D eigenvalue weighted by Crippen LogP contribution is 2.40. The highest BCUT2D eigenvalue weighted by atomic mass is 15.2. The molecular formula is C51H49B2N3. The summed E-state index contributed by atoms with van der Waals surface area (Å²) in [6.45, 7) is 25.6. The maximum absolute atomic E-state index is 4.53. The van der Waals surface area contributed by atoms with Gasteiger partial charge in [-0.25, -0.2) is 0 Å². The maximum Gasteiger partial charge on any atom is 0.247 e. The first-order valence-electron chi connectivity index (χ1n) is 20.1. The number of fused-ring (bicyclic) bond motifs is 4. The lowest BCUT2D eigenvalue weighted by Crippen LogP contribution is -2.66. The first-order chi connectivity index (χ1) is 26.9. The van der Waals surface area contributed by atoms with Gasteiger partial charge in [0.25, 0.3) is 0 Å². The third kappa shape index (κ3) is 5.20. The highest BCUT2D eigenvalue weighted by Gasteiger charge is 2.45. The van der Waals surface area contributed by atoms with Crippen molar-refractivity contribution in [2.45, 2.75) is 76.2 Å². The van der Waals surface area contributed by atoms with E-state index in [1.165, 1.54) is 122 Å². The van der Waals surface area contributed by atoms with Crippen LogP contribution in [0.3, 0.4) is 0 Å². The number of nitrogens with zero attached hydrogens (tertiary/aromatic N) is 3. The van der Waals surface area contributed by atoms with Crippen LogP contribution in [-0.2, 0) is 0 Å². The Morgan fingerprint density at radius 1 is 0.393 bits per heavy atom. The number of benzene rings is 5. The second kappa shape index (κ2) is 13.2. The molecular weight excluding hydrogens is 676 g/mol. The Morgan fingerprint density at radius 2 is 0.768 bits per heavy atom. The van der Waals surface area contributed by atoms with Crippen molar-refractivity contribution in [2.75, 3.05) is 4.90 Å². The van der Waals surface area contributed by atoms with E-state index >= 15 is 0 Å². The maximum atomic E-state index is 4.53. The minimum absolute atomic E-state index is 0.0464. The van der Waals surface area contributed by atoms with Gasteiger partial charge in [0.2, 0.25) is 13.4 Å². The number of anilines is 3. The Morgan fingerprint density at radius 3 is 1.12 bits per heavy atom. The fourth-order valence-corrected chi connectivity index (χ4v) is 10.2. The highest BCUT2D eigenvalue weighted by molar-refractivity contribution is 7.02. The molecule has 0 bridgehead atoms. The quantitative estimate of drug-likeness (QED) is 0.171. The largest absolute Gasteiger partial charge is 0.313 e. The van der Waals surface area contributed by atoms with Gasteiger partial charge in [0.05, 0.1) is 0 Å². The molecule has 5 heteroatoms. The van der Waals surface area contributed by atoms with Crippen molar-refractivity contribution in [1.82, 2.24) is 9.97 Å². The summed E-state index contributed by atoms with van der Waals surface area (Å²) in [4.78, 5) is 11.7. The predicted molar refractivity (Wildman–Crippen MR) is 242 cm³/mol. The van der Waals surface area contributed by atoms with E-state index in [4.69, 9.17) is 0 Å². The van der Waals surface area contributed by atoms with Crippen LogP contribution < -0.4 is 37.7 Å². The molecule has 3 nitrogen and oxygen atoms in total. The Hall–Kier alpha value is -5.67. The van der Waals surface area contributed by atoms with Gasteiger partial charge in [-0.1, -0.05) is 87.3 Å². The Labute approximate surface area is 334 Å². The second-order valence-electron chi connectivity index (χ2n) is 16.6. The number of aryl methyl sites for hydroxylation is 1. The molecule has 0 unspecified atom stereocenters. The number of rotatable bonds is 4. The number of hydrogen-bond donors (Lipinski definition) is 0. The van der Waals surface area contributed by atoms with Gasteiger partial charge in [-0.3, -0.25) is 9.97 Å². The predicted octanol–water partition coefficient (Wildman–Crippen LogP) is 8.33. The van der Waals surface area contributed by atoms with Gasteiger partial charge in [0.15, 0.2) is 0 Å². The summed E-state index contributed by atoms with van der Waals surface area (Å²) in [7, 11) is 0. The number of pyridine rings is 2. The van der Waals surface area contributed by atoms with E-state index < -0.39 is 0 Å². The third-order valence-corrected chi connectivity index (χ3v) is 14.0. The van der Waals surface area contributed by atoms with E-state index in [0.717, 1.165) is 11.1 Å². The van der Waals surface area contributed by atoms with E-state index in [1.807, 2.05) is 36.9 Å². The zero-order valence-electron chi connectivity index (χ0n) is 34.7. The molecule has 9 rings (SSSR count). The molecule has 0 atom stereocenters. The molecule has 274 valence electrons. The van der Waals surface area contributed by atoms with Crippen molar-refractivity contribution in [3.8, 4) is 22.3 Å². The van der Waals surface area contributed by atoms with Gasteiger partial charge in [-0.15, -0.1) is 0 Å². The Kier molecular flexibility index (Phi) is 8.50. The van der Waals surface area contributed by atoms with Gasteiger partial charge in [-0.2, -0.15) is 0 Å². The van der Waals surface area contributed by atoms with Gasteiger partial charge in [0.1, 0.15) is 0 Å². The molecule has 4 heterocycles. The van der Waals surface area contributed by atoms with Crippen molar-refractivity contribution in [2.24, 2.45) is 0 Å². The number of aromatic nitrogens is 2. The van der Waals surface area contributed by atoms with E-state index in [1.54, 1.807) is 0 Å². The lowest BCUT2D eigenvalue weighted by atomic mass is 9.29. The van der Waals surface area contributed by atoms with Crippen LogP contribution in [0.25, 0.3) is 22.3 Å². The van der Waals surface area contributed by atoms with E-state index in [9.17, 15) is 0 Å². The first kappa shape index (κ1) is 36.0. The lowest BCUT2D eigenvalue weighted by molar-refractivity contribution is 1.19. The smallest absolute Gasteiger partial charge is 0.247 e. The molecule has 2 aromatic heterocycles. The van der Waals surface area contributed by atoms with Crippen molar-refractivity contribution in [3.63, 3.8) is 0 Å². The monoisotopic (exact) mass is 725 g/mol. The fourth-order valence-electron chi connectivity index (χ4n) is 10.2. The summed E-state index contributed by atoms with van der Waals surface area (Å²) < 4.78 is 0. The zero-order valence-corrected chi connectivity index (χ0v) is 34.7. The molecule has 0 aliphatic carbocycles. The third-order valence-electron chi connectivity index (χ3n) is 14.0. The van der Waals surface area contributed by atoms with Gasteiger partial charge < -0.3 is 4.90 Å². The molecule has 0 amide bonds. The Balaban J connectivity index is 1.43. The normalized spacial score (nSPS) is 12.8. The standard InChI is InChI=1S/C51H49B2N3/c1-28-22-45-51-46(23-28)53(50-37(10)33(6)30(3)34(7)38(50)11)44-25-40(42-15-13-21-55-27-42)17-19-48(44)56(51)47-18-16-39(41-14-12-20-54-26-41)24-43(47)52(45)49-35(8)31(4)29(2)32(5)36(49)9/h12-27H,1-11H3. The van der Waals surface area contributed by atoms with E-state index in [0.29, 0.717) is 0 Å². The Bertz CT molecular complexity index is 2530. The number of hydrogen-bond acceptors (Lipinski definition) is 3. The zero-order chi connectivity index (χ0) is 39.3. The molecule has 7 aromatic rings. The molecule has 2 aliphatic heterocycles. The van der Waals surface area contributed by atoms with Crippen LogP contribution in [0, 0.1) is 76.2 Å². The van der Waals surface area contributed by atoms with Crippen LogP contribution in [0.15, 0.2) is 97.6 Å². The topological polar surface area (TPSA) is 29.0 Å². The second-order valence-corrected chi connectivity index (χ2v) is 16.6. The average Bonchev–Trinajstić information content (AvgIpc) is 3.22. The molecule has 0 saturated carbocycles. The van der Waals surface area contributed by atoms with Crippen molar-refractivity contribution in [3.05, 3.63) is 159 Å². The van der Waals surface area contributed by atoms with Crippen LogP contribution in [0.1, 0.15) is 61.2 Å². The summed E-state index contributed by atoms with van der Waals surface area (Å²) in [5.41, 5.74) is 32.0. The van der Waals surface area contributed by atoms with Gasteiger partial charge in [0, 0.05) is 41.8 Å². The lowest BCUT2D eigenvalue weighted by Gasteiger charge is -2.45. The van der Waals surface area contributed by atoms with Gasteiger partial charge >= 0.3 is 0 Å². The van der Waals surface area contributed by atoms with Crippen molar-refractivity contribution >= 4 is 63.3 Å². The molecule has 0 N–H and O–H groups in total. The molecule has 56 heavy (non-hydrogen) atoms. The molecule has 5 aromatic carbocycles. The van der Waals surface area contributed by atoms with Gasteiger partial charge in [-0.05, 0) is 178 Å². The van der Waals surface area contributed by atoms with Crippen molar-refractivity contribution < 1.29 is 0 Å². The van der Waals surface area contributed by atoms with Crippen molar-refractivity contribution in [1.29, 1.82) is 0 Å². The first-order valence-corrected chi connectivity index (χ1v) is 20.1. The molecule has 0 saturated heterocycles. The van der Waals surface area contributed by atoms with Crippen LogP contribution in [0.2, 0.25) is 0 Å². The van der Waals surface area contributed by atoms with E-state index in [-0.39, 0.29) is 13.4 Å². The van der Waals surface area contributed by atoms with Crippen LogP contribution in [-0.4, -0.2) is 23.4 Å². The summed E-state index contributed by atoms with van der Waals surface area (Å²) in [6, 6.07) is 27.7. The van der Waals surface area contributed by atoms with Crippen LogP contribution in [0.4, 0.5) is 17.1 Å². The fraction of sp³-hybridized carbons (Fsp3) is 0.216. The summed E-state index contributed by atoms with van der Waals surface area (Å²) >= 11 is 0. The van der Waals surface area contributed by atoms with Crippen LogP contribution in [0.5, 0.6) is 0 Å². The van der Waals surface area contributed by atoms with Crippen LogP contribution >= 0.6 is 0 Å². The summed E-state index contributed by atoms with van der Waals surface area (Å²) in [6.07, 6.45) is 7.70. The van der Waals surface area contributed by atoms with E-state index in [2.05, 4.69) is 152 Å². The summed E-state index contributed by atoms with van der Waals surface area (Å²) in [5.74, 6) is 0. The average molecular weight is 726 g/mol. The summed E-state index contributed by atoms with van der Waals surface area (Å²) in [5, 5.41) is 0. The molecule has 0 radical (unpaired) electrons. The minimum atomic E-state index is 0.0464. The minimum Gasteiger partial charge on any atom is -0.313 e.